The lowest BCUT2D eigenvalue weighted by molar-refractivity contribution is 0.210. The van der Waals surface area contributed by atoms with Crippen molar-refractivity contribution in [2.75, 3.05) is 0 Å². The van der Waals surface area contributed by atoms with Crippen LogP contribution in [0.15, 0.2) is 10.7 Å². The third-order valence-corrected chi connectivity index (χ3v) is 1.84. The molecule has 2 N–H and O–H groups in total. The molecule has 1 rings (SSSR count). The van der Waals surface area contributed by atoms with E-state index in [1.54, 1.807) is 6.92 Å². The van der Waals surface area contributed by atoms with Crippen LogP contribution in [-0.4, -0.2) is 11.1 Å². The van der Waals surface area contributed by atoms with Crippen LogP contribution in [0.1, 0.15) is 5.69 Å². The Morgan fingerprint density at radius 1 is 1.77 bits per heavy atom. The molecule has 0 unspecified atom stereocenters. The van der Waals surface area contributed by atoms with Crippen LogP contribution in [0, 0.1) is 12.7 Å². The van der Waals surface area contributed by atoms with Gasteiger partial charge < -0.3 is 10.5 Å². The molecule has 0 aliphatic rings. The lowest BCUT2D eigenvalue weighted by atomic mass is 10.3. The van der Waals surface area contributed by atoms with Crippen LogP contribution in [0.2, 0.25) is 0 Å². The van der Waals surface area contributed by atoms with Crippen LogP contribution in [-0.2, 0) is 0 Å². The molecule has 0 saturated carbocycles. The van der Waals surface area contributed by atoms with Gasteiger partial charge in [0.15, 0.2) is 11.6 Å². The van der Waals surface area contributed by atoms with Crippen LogP contribution in [0.25, 0.3) is 0 Å². The van der Waals surface area contributed by atoms with Gasteiger partial charge in [0.2, 0.25) is 0 Å². The summed E-state index contributed by atoms with van der Waals surface area (Å²) < 4.78 is 17.4. The summed E-state index contributed by atoms with van der Waals surface area (Å²) in [7, 11) is 0. The van der Waals surface area contributed by atoms with E-state index in [2.05, 4.69) is 25.7 Å². The van der Waals surface area contributed by atoms with Crippen molar-refractivity contribution < 1.29 is 13.9 Å². The number of carbonyl (C=O) groups excluding carboxylic acids is 1. The zero-order valence-corrected chi connectivity index (χ0v) is 8.26. The van der Waals surface area contributed by atoms with Crippen molar-refractivity contribution in [2.24, 2.45) is 5.73 Å². The molecule has 1 amide bonds. The summed E-state index contributed by atoms with van der Waals surface area (Å²) in [5, 5.41) is 0. The number of nitrogens with zero attached hydrogens (tertiary/aromatic N) is 1. The molecule has 4 nitrogen and oxygen atoms in total. The van der Waals surface area contributed by atoms with Crippen molar-refractivity contribution >= 4 is 22.0 Å². The normalized spacial score (nSPS) is 9.77. The first-order valence-electron chi connectivity index (χ1n) is 3.30. The maximum Gasteiger partial charge on any atom is 0.410 e. The molecule has 1 aromatic heterocycles. The van der Waals surface area contributed by atoms with Gasteiger partial charge in [-0.25, -0.2) is 14.2 Å². The predicted octanol–water partition coefficient (Wildman–Crippen LogP) is 1.75. The van der Waals surface area contributed by atoms with Gasteiger partial charge in [-0.05, 0) is 22.9 Å². The Kier molecular flexibility index (Phi) is 2.82. The molecule has 0 spiro atoms. The zero-order valence-electron chi connectivity index (χ0n) is 6.67. The second-order valence-electron chi connectivity index (χ2n) is 2.27. The minimum atomic E-state index is -0.994. The average Bonchev–Trinajstić information content (AvgIpc) is 1.99. The highest BCUT2D eigenvalue weighted by Crippen LogP contribution is 2.22. The highest BCUT2D eigenvalue weighted by Gasteiger charge is 2.09. The molecule has 13 heavy (non-hydrogen) atoms. The van der Waals surface area contributed by atoms with Crippen molar-refractivity contribution in [3.8, 4) is 5.75 Å². The smallest absolute Gasteiger partial charge is 0.408 e. The van der Waals surface area contributed by atoms with Gasteiger partial charge in [0, 0.05) is 6.07 Å². The van der Waals surface area contributed by atoms with Gasteiger partial charge in [0.05, 0.1) is 5.69 Å². The van der Waals surface area contributed by atoms with Crippen LogP contribution in [0.3, 0.4) is 0 Å². The lowest BCUT2D eigenvalue weighted by Gasteiger charge is -2.04. The second-order valence-corrected chi connectivity index (χ2v) is 3.02. The molecule has 0 aromatic carbocycles. The summed E-state index contributed by atoms with van der Waals surface area (Å²) in [6.07, 6.45) is -0.994. The van der Waals surface area contributed by atoms with E-state index in [0.29, 0.717) is 5.69 Å². The van der Waals surface area contributed by atoms with E-state index in [-0.39, 0.29) is 10.4 Å². The summed E-state index contributed by atoms with van der Waals surface area (Å²) in [5.41, 5.74) is 5.14. The number of hydrogen-bond donors (Lipinski definition) is 1. The number of ether oxygens (including phenoxy) is 1. The van der Waals surface area contributed by atoms with Crippen molar-refractivity contribution in [1.29, 1.82) is 0 Å². The van der Waals surface area contributed by atoms with Gasteiger partial charge in [-0.2, -0.15) is 0 Å². The number of aromatic nitrogens is 1. The summed E-state index contributed by atoms with van der Waals surface area (Å²) in [6, 6.07) is 1.04. The van der Waals surface area contributed by atoms with E-state index in [1.807, 2.05) is 0 Å². The number of halogens is 2. The molecular weight excluding hydrogens is 243 g/mol. The minimum Gasteiger partial charge on any atom is -0.408 e. The Bertz CT molecular complexity index is 357. The molecule has 0 fully saturated rings. The maximum atomic E-state index is 12.9. The Balaban J connectivity index is 3.08. The zero-order chi connectivity index (χ0) is 10.0. The second kappa shape index (κ2) is 3.69. The maximum absolute atomic E-state index is 12.9. The monoisotopic (exact) mass is 248 g/mol. The highest BCUT2D eigenvalue weighted by molar-refractivity contribution is 9.10. The molecule has 70 valence electrons. The average molecular weight is 249 g/mol. The van der Waals surface area contributed by atoms with Crippen LogP contribution >= 0.6 is 15.9 Å². The molecule has 1 aromatic rings. The van der Waals surface area contributed by atoms with Gasteiger partial charge in [0.25, 0.3) is 0 Å². The van der Waals surface area contributed by atoms with Crippen molar-refractivity contribution in [1.82, 2.24) is 4.98 Å². The number of nitrogens with two attached hydrogens (primary N) is 1. The Morgan fingerprint density at radius 3 is 2.92 bits per heavy atom. The van der Waals surface area contributed by atoms with E-state index in [4.69, 9.17) is 5.73 Å². The fraction of sp³-hybridized carbons (Fsp3) is 0.143. The van der Waals surface area contributed by atoms with Crippen LogP contribution in [0.4, 0.5) is 9.18 Å². The number of hydrogen-bond acceptors (Lipinski definition) is 3. The number of pyridine rings is 1. The van der Waals surface area contributed by atoms with E-state index < -0.39 is 11.9 Å². The van der Waals surface area contributed by atoms with Gasteiger partial charge in [-0.1, -0.05) is 0 Å². The first kappa shape index (κ1) is 9.91. The fourth-order valence-electron chi connectivity index (χ4n) is 0.747. The van der Waals surface area contributed by atoms with Crippen molar-refractivity contribution in [3.05, 3.63) is 22.2 Å². The molecule has 0 aliphatic heterocycles. The van der Waals surface area contributed by atoms with Crippen molar-refractivity contribution in [3.63, 3.8) is 0 Å². The van der Waals surface area contributed by atoms with E-state index in [1.165, 1.54) is 0 Å². The molecule has 0 bridgehead atoms. The van der Waals surface area contributed by atoms with Gasteiger partial charge >= 0.3 is 6.09 Å². The molecule has 6 heteroatoms. The van der Waals surface area contributed by atoms with Gasteiger partial charge in [0.1, 0.15) is 4.60 Å². The van der Waals surface area contributed by atoms with Crippen LogP contribution in [0.5, 0.6) is 5.75 Å². The topological polar surface area (TPSA) is 65.2 Å². The van der Waals surface area contributed by atoms with Crippen LogP contribution < -0.4 is 10.5 Å². The number of aryl methyl sites for hydroxylation is 1. The number of amides is 1. The Labute approximate surface area is 82.0 Å². The first-order chi connectivity index (χ1) is 6.00. The summed E-state index contributed by atoms with van der Waals surface area (Å²) in [5.74, 6) is -0.588. The van der Waals surface area contributed by atoms with E-state index in [0.717, 1.165) is 6.07 Å². The molecule has 0 atom stereocenters. The van der Waals surface area contributed by atoms with Gasteiger partial charge in [-0.3, -0.25) is 0 Å². The summed E-state index contributed by atoms with van der Waals surface area (Å²) >= 11 is 2.89. The predicted molar refractivity (Wildman–Crippen MR) is 46.8 cm³/mol. The lowest BCUT2D eigenvalue weighted by Crippen LogP contribution is -2.17. The first-order valence-corrected chi connectivity index (χ1v) is 4.10. The highest BCUT2D eigenvalue weighted by atomic mass is 79.9. The molecule has 0 radical (unpaired) electrons. The Morgan fingerprint density at radius 2 is 2.38 bits per heavy atom. The molecule has 0 aliphatic carbocycles. The number of rotatable bonds is 1. The fourth-order valence-corrected chi connectivity index (χ4v) is 1.13. The summed E-state index contributed by atoms with van der Waals surface area (Å²) in [6.45, 7) is 1.57. The standard InChI is InChI=1S/C7H6BrFN2O2/c1-3-5(13-7(10)12)2-4(9)6(8)11-3/h2H,1H3,(H2,10,12). The number of primary amides is 1. The third kappa shape index (κ3) is 2.38. The molecular formula is C7H6BrFN2O2. The molecule has 0 saturated heterocycles. The van der Waals surface area contributed by atoms with E-state index in [9.17, 15) is 9.18 Å². The third-order valence-electron chi connectivity index (χ3n) is 1.29. The van der Waals surface area contributed by atoms with E-state index >= 15 is 0 Å². The minimum absolute atomic E-state index is 0.0215. The van der Waals surface area contributed by atoms with Crippen molar-refractivity contribution in [2.45, 2.75) is 6.92 Å². The van der Waals surface area contributed by atoms with Gasteiger partial charge in [-0.15, -0.1) is 0 Å². The summed E-state index contributed by atoms with van der Waals surface area (Å²) in [4.78, 5) is 14.1. The quantitative estimate of drug-likeness (QED) is 0.771. The number of carbonyl (C=O) groups is 1. The SMILES string of the molecule is Cc1nc(Br)c(F)cc1OC(N)=O. The Hall–Kier alpha value is -1.17. The molecule has 1 heterocycles. The largest absolute Gasteiger partial charge is 0.410 e.